The first-order chi connectivity index (χ1) is 16.3. The number of aliphatic hydroxyl groups excluding tert-OH is 1. The van der Waals surface area contributed by atoms with Gasteiger partial charge in [-0.25, -0.2) is 15.0 Å². The number of nitro benzene ring substituents is 1. The van der Waals surface area contributed by atoms with Gasteiger partial charge in [0.1, 0.15) is 17.9 Å². The van der Waals surface area contributed by atoms with E-state index in [9.17, 15) is 15.2 Å². The van der Waals surface area contributed by atoms with Crippen LogP contribution in [-0.4, -0.2) is 66.5 Å². The number of nitro groups is 1. The van der Waals surface area contributed by atoms with Crippen LogP contribution in [0.25, 0.3) is 11.2 Å². The van der Waals surface area contributed by atoms with Gasteiger partial charge >= 0.3 is 5.69 Å². The lowest BCUT2D eigenvalue weighted by Gasteiger charge is -2.31. The predicted molar refractivity (Wildman–Crippen MR) is 117 cm³/mol. The lowest BCUT2D eigenvalue weighted by molar-refractivity contribution is -0.386. The highest BCUT2D eigenvalue weighted by atomic mass is 16.8. The zero-order valence-corrected chi connectivity index (χ0v) is 18.5. The number of ether oxygens (including phenoxy) is 4. The van der Waals surface area contributed by atoms with Crippen molar-refractivity contribution in [2.24, 2.45) is 0 Å². The Labute approximate surface area is 193 Å². The third kappa shape index (κ3) is 3.81. The van der Waals surface area contributed by atoms with E-state index in [1.54, 1.807) is 36.9 Å². The molecule has 13 heteroatoms. The molecule has 5 atom stereocenters. The number of anilines is 1. The average molecular weight is 472 g/mol. The Bertz CT molecular complexity index is 1220. The Morgan fingerprint density at radius 3 is 2.85 bits per heavy atom. The van der Waals surface area contributed by atoms with Gasteiger partial charge in [0.05, 0.1) is 17.3 Å². The van der Waals surface area contributed by atoms with Crippen molar-refractivity contribution in [3.63, 3.8) is 0 Å². The normalized spacial score (nSPS) is 26.4. The van der Waals surface area contributed by atoms with Crippen molar-refractivity contribution in [2.75, 3.05) is 12.3 Å². The molecule has 1 aromatic carbocycles. The molecule has 3 N–H and O–H groups in total. The standard InChI is InChI=1S/C21H24N6O7/c1-21(2)33-17-16(31-13-6-4-3-5-11(13)27(29)30)15(32-20(17)34-21)12(7-8-28)26-10-25-14-18(22)23-9-24-19(14)26/h3-6,9-10,12,15-17,20,28H,7-8H2,1-2H3,(H2,22,23,24)/t12-,15-,16+,17-,20-/m1/s1. The molecule has 0 aliphatic carbocycles. The van der Waals surface area contributed by atoms with E-state index in [1.165, 1.54) is 18.5 Å². The highest BCUT2D eigenvalue weighted by molar-refractivity contribution is 5.81. The number of aromatic nitrogens is 4. The smallest absolute Gasteiger partial charge is 0.310 e. The van der Waals surface area contributed by atoms with Crippen molar-refractivity contribution in [1.29, 1.82) is 0 Å². The molecule has 0 unspecified atom stereocenters. The third-order valence-electron chi connectivity index (χ3n) is 5.90. The van der Waals surface area contributed by atoms with E-state index in [2.05, 4.69) is 15.0 Å². The summed E-state index contributed by atoms with van der Waals surface area (Å²) in [5.41, 5.74) is 6.62. The Balaban J connectivity index is 1.56. The van der Waals surface area contributed by atoms with Crippen molar-refractivity contribution < 1.29 is 29.0 Å². The maximum Gasteiger partial charge on any atom is 0.310 e. The monoisotopic (exact) mass is 472 g/mol. The SMILES string of the molecule is CC1(C)O[C@H]2O[C@H]([C@@H](CCO)n3cnc4c(N)ncnc43)[C@H](Oc3ccccc3[N+](=O)[O-])[C@H]2O1. The molecule has 0 amide bonds. The quantitative estimate of drug-likeness (QED) is 0.378. The molecule has 0 spiro atoms. The van der Waals surface area contributed by atoms with Crippen molar-refractivity contribution >= 4 is 22.7 Å². The van der Waals surface area contributed by atoms with E-state index in [0.29, 0.717) is 11.2 Å². The van der Waals surface area contributed by atoms with Gasteiger partial charge < -0.3 is 34.4 Å². The largest absolute Gasteiger partial charge is 0.478 e. The number of para-hydroxylation sites is 2. The minimum absolute atomic E-state index is 0.0739. The van der Waals surface area contributed by atoms with Gasteiger partial charge in [-0.05, 0) is 26.3 Å². The second kappa shape index (κ2) is 8.43. The number of benzene rings is 1. The molecule has 0 bridgehead atoms. The van der Waals surface area contributed by atoms with Crippen LogP contribution in [0.1, 0.15) is 26.3 Å². The summed E-state index contributed by atoms with van der Waals surface area (Å²) in [7, 11) is 0. The van der Waals surface area contributed by atoms with Crippen molar-refractivity contribution in [2.45, 2.75) is 56.7 Å². The van der Waals surface area contributed by atoms with Gasteiger partial charge in [0, 0.05) is 12.7 Å². The summed E-state index contributed by atoms with van der Waals surface area (Å²) in [5.74, 6) is -0.637. The molecule has 2 aliphatic rings. The Morgan fingerprint density at radius 2 is 2.09 bits per heavy atom. The highest BCUT2D eigenvalue weighted by Gasteiger charge is 2.58. The molecule has 34 heavy (non-hydrogen) atoms. The van der Waals surface area contributed by atoms with Crippen LogP contribution in [-0.2, 0) is 14.2 Å². The molecule has 2 aromatic heterocycles. The molecule has 3 aromatic rings. The Hall–Kier alpha value is -3.39. The number of rotatable bonds is 7. The number of hydrogen-bond donors (Lipinski definition) is 2. The fourth-order valence-electron chi connectivity index (χ4n) is 4.51. The first kappa shape index (κ1) is 22.4. The van der Waals surface area contributed by atoms with Gasteiger partial charge in [0.15, 0.2) is 41.5 Å². The predicted octanol–water partition coefficient (Wildman–Crippen LogP) is 1.56. The van der Waals surface area contributed by atoms with Gasteiger partial charge in [0.2, 0.25) is 0 Å². The minimum atomic E-state index is -0.930. The van der Waals surface area contributed by atoms with Gasteiger partial charge in [-0.15, -0.1) is 0 Å². The first-order valence-electron chi connectivity index (χ1n) is 10.7. The second-order valence-corrected chi connectivity index (χ2v) is 8.54. The molecule has 4 heterocycles. The molecular weight excluding hydrogens is 448 g/mol. The van der Waals surface area contributed by atoms with Crippen LogP contribution in [0.2, 0.25) is 0 Å². The molecule has 5 rings (SSSR count). The maximum atomic E-state index is 11.6. The van der Waals surface area contributed by atoms with Gasteiger partial charge in [-0.2, -0.15) is 0 Å². The minimum Gasteiger partial charge on any atom is -0.478 e. The van der Waals surface area contributed by atoms with E-state index in [0.717, 1.165) is 0 Å². The van der Waals surface area contributed by atoms with Gasteiger partial charge in [-0.1, -0.05) is 12.1 Å². The summed E-state index contributed by atoms with van der Waals surface area (Å²) < 4.78 is 26.2. The molecule has 2 saturated heterocycles. The summed E-state index contributed by atoms with van der Waals surface area (Å²) in [6.07, 6.45) is 0.138. The van der Waals surface area contributed by atoms with Crippen LogP contribution in [0.3, 0.4) is 0 Å². The number of hydrogen-bond acceptors (Lipinski definition) is 11. The summed E-state index contributed by atoms with van der Waals surface area (Å²) >= 11 is 0. The van der Waals surface area contributed by atoms with Crippen molar-refractivity contribution in [1.82, 2.24) is 19.5 Å². The number of aliphatic hydroxyl groups is 1. The van der Waals surface area contributed by atoms with E-state index in [-0.39, 0.29) is 30.3 Å². The summed E-state index contributed by atoms with van der Waals surface area (Å²) in [6.45, 7) is 3.32. The van der Waals surface area contributed by atoms with Crippen molar-refractivity contribution in [3.8, 4) is 5.75 Å². The third-order valence-corrected chi connectivity index (χ3v) is 5.90. The number of nitrogen functional groups attached to an aromatic ring is 1. The first-order valence-corrected chi connectivity index (χ1v) is 10.7. The lowest BCUT2D eigenvalue weighted by atomic mass is 10.00. The van der Waals surface area contributed by atoms with Crippen LogP contribution < -0.4 is 10.5 Å². The highest BCUT2D eigenvalue weighted by Crippen LogP contribution is 2.44. The fraction of sp³-hybridized carbons (Fsp3) is 0.476. The van der Waals surface area contributed by atoms with Gasteiger partial charge in [0.25, 0.3) is 0 Å². The molecule has 180 valence electrons. The van der Waals surface area contributed by atoms with Crippen LogP contribution in [0.15, 0.2) is 36.9 Å². The Kier molecular flexibility index (Phi) is 5.56. The summed E-state index contributed by atoms with van der Waals surface area (Å²) in [4.78, 5) is 23.6. The summed E-state index contributed by atoms with van der Waals surface area (Å²) in [5, 5.41) is 21.4. The molecule has 13 nitrogen and oxygen atoms in total. The average Bonchev–Trinajstić information content (AvgIpc) is 3.44. The maximum absolute atomic E-state index is 11.6. The number of nitrogens with zero attached hydrogens (tertiary/aromatic N) is 5. The van der Waals surface area contributed by atoms with E-state index < -0.39 is 41.4 Å². The number of nitrogens with two attached hydrogens (primary N) is 1. The van der Waals surface area contributed by atoms with E-state index >= 15 is 0 Å². The number of fused-ring (bicyclic) bond motifs is 2. The van der Waals surface area contributed by atoms with E-state index in [1.807, 2.05) is 0 Å². The van der Waals surface area contributed by atoms with Crippen LogP contribution in [0.4, 0.5) is 11.5 Å². The molecule has 2 fully saturated rings. The Morgan fingerprint density at radius 1 is 1.29 bits per heavy atom. The van der Waals surface area contributed by atoms with Crippen LogP contribution in [0.5, 0.6) is 5.75 Å². The zero-order valence-electron chi connectivity index (χ0n) is 18.5. The molecular formula is C21H24N6O7. The van der Waals surface area contributed by atoms with Gasteiger partial charge in [-0.3, -0.25) is 10.1 Å². The number of imidazole rings is 1. The topological polar surface area (TPSA) is 170 Å². The van der Waals surface area contributed by atoms with E-state index in [4.69, 9.17) is 24.7 Å². The van der Waals surface area contributed by atoms with Crippen LogP contribution >= 0.6 is 0 Å². The zero-order chi connectivity index (χ0) is 24.0. The lowest BCUT2D eigenvalue weighted by Crippen LogP contribution is -2.43. The molecule has 0 saturated carbocycles. The molecule has 2 aliphatic heterocycles. The molecule has 0 radical (unpaired) electrons. The van der Waals surface area contributed by atoms with Crippen LogP contribution in [0, 0.1) is 10.1 Å². The summed E-state index contributed by atoms with van der Waals surface area (Å²) in [6, 6.07) is 5.56. The fourth-order valence-corrected chi connectivity index (χ4v) is 4.51. The second-order valence-electron chi connectivity index (χ2n) is 8.54. The van der Waals surface area contributed by atoms with Crippen molar-refractivity contribution in [3.05, 3.63) is 47.0 Å².